The normalized spacial score (nSPS) is 17.0. The monoisotopic (exact) mass is 390 g/mol. The fourth-order valence-electron chi connectivity index (χ4n) is 2.49. The largest absolute Gasteiger partial charge is 0.494 e. The van der Waals surface area contributed by atoms with Gasteiger partial charge in [0.05, 0.1) is 31.1 Å². The summed E-state index contributed by atoms with van der Waals surface area (Å²) < 4.78 is 5.79. The van der Waals surface area contributed by atoms with E-state index in [4.69, 9.17) is 4.74 Å². The van der Waals surface area contributed by atoms with Gasteiger partial charge in [-0.25, -0.2) is 9.97 Å². The zero-order valence-corrected chi connectivity index (χ0v) is 14.5. The van der Waals surface area contributed by atoms with Crippen LogP contribution in [-0.4, -0.2) is 35.4 Å². The SMILES string of the molecule is COc1cnc(NC(=O)[C@H]2CC(=O)N(c3ccccc3Br)C2)nc1. The van der Waals surface area contributed by atoms with Gasteiger partial charge < -0.3 is 9.64 Å². The van der Waals surface area contributed by atoms with Gasteiger partial charge in [-0.2, -0.15) is 0 Å². The highest BCUT2D eigenvalue weighted by molar-refractivity contribution is 9.10. The number of amides is 2. The first kappa shape index (κ1) is 16.4. The van der Waals surface area contributed by atoms with Crippen molar-refractivity contribution < 1.29 is 14.3 Å². The molecule has 0 spiro atoms. The van der Waals surface area contributed by atoms with Gasteiger partial charge in [-0.15, -0.1) is 0 Å². The minimum Gasteiger partial charge on any atom is -0.494 e. The number of rotatable bonds is 4. The van der Waals surface area contributed by atoms with Crippen LogP contribution in [0.25, 0.3) is 0 Å². The molecule has 1 aliphatic rings. The van der Waals surface area contributed by atoms with E-state index in [1.807, 2.05) is 24.3 Å². The van der Waals surface area contributed by atoms with E-state index in [1.54, 1.807) is 4.90 Å². The fourth-order valence-corrected chi connectivity index (χ4v) is 2.98. The van der Waals surface area contributed by atoms with Crippen LogP contribution in [0, 0.1) is 5.92 Å². The van der Waals surface area contributed by atoms with Crippen molar-refractivity contribution >= 4 is 39.4 Å². The van der Waals surface area contributed by atoms with Crippen LogP contribution in [0.3, 0.4) is 0 Å². The third kappa shape index (κ3) is 3.38. The highest BCUT2D eigenvalue weighted by Gasteiger charge is 2.36. The number of anilines is 2. The summed E-state index contributed by atoms with van der Waals surface area (Å²) in [6.07, 6.45) is 3.09. The first-order chi connectivity index (χ1) is 11.6. The number of hydrogen-bond acceptors (Lipinski definition) is 5. The van der Waals surface area contributed by atoms with E-state index in [9.17, 15) is 9.59 Å². The molecule has 0 radical (unpaired) electrons. The van der Waals surface area contributed by atoms with Crippen molar-refractivity contribution in [1.29, 1.82) is 0 Å². The van der Waals surface area contributed by atoms with Crippen molar-refractivity contribution in [3.63, 3.8) is 0 Å². The van der Waals surface area contributed by atoms with Gasteiger partial charge in [-0.05, 0) is 28.1 Å². The zero-order chi connectivity index (χ0) is 17.1. The Morgan fingerprint density at radius 3 is 2.71 bits per heavy atom. The predicted molar refractivity (Wildman–Crippen MR) is 91.8 cm³/mol. The van der Waals surface area contributed by atoms with E-state index >= 15 is 0 Å². The van der Waals surface area contributed by atoms with E-state index < -0.39 is 5.92 Å². The summed E-state index contributed by atoms with van der Waals surface area (Å²) in [5.41, 5.74) is 0.762. The van der Waals surface area contributed by atoms with Gasteiger partial charge in [0.1, 0.15) is 0 Å². The van der Waals surface area contributed by atoms with E-state index in [1.165, 1.54) is 19.5 Å². The molecular weight excluding hydrogens is 376 g/mol. The van der Waals surface area contributed by atoms with E-state index in [2.05, 4.69) is 31.2 Å². The Balaban J connectivity index is 1.68. The van der Waals surface area contributed by atoms with Crippen LogP contribution < -0.4 is 15.0 Å². The van der Waals surface area contributed by atoms with Crippen molar-refractivity contribution in [3.8, 4) is 5.75 Å². The predicted octanol–water partition coefficient (Wildman–Crippen LogP) is 2.24. The lowest BCUT2D eigenvalue weighted by Gasteiger charge is -2.18. The average Bonchev–Trinajstić information content (AvgIpc) is 2.98. The molecule has 1 N–H and O–H groups in total. The van der Waals surface area contributed by atoms with Crippen LogP contribution in [0.5, 0.6) is 5.75 Å². The molecule has 1 aliphatic heterocycles. The summed E-state index contributed by atoms with van der Waals surface area (Å²) in [6.45, 7) is 0.323. The zero-order valence-electron chi connectivity index (χ0n) is 12.9. The summed E-state index contributed by atoms with van der Waals surface area (Å²) in [5.74, 6) is -0.118. The summed E-state index contributed by atoms with van der Waals surface area (Å²) in [5, 5.41) is 2.64. The molecule has 124 valence electrons. The standard InChI is InChI=1S/C16H15BrN4O3/c1-24-11-7-18-16(19-8-11)20-15(23)10-6-14(22)21(9-10)13-5-3-2-4-12(13)17/h2-5,7-8,10H,6,9H2,1H3,(H,18,19,20,23)/t10-/m0/s1. The number of ether oxygens (including phenoxy) is 1. The summed E-state index contributed by atoms with van der Waals surface area (Å²) in [4.78, 5) is 34.2. The van der Waals surface area contributed by atoms with Crippen LogP contribution in [0.15, 0.2) is 41.1 Å². The number of nitrogens with one attached hydrogen (secondary N) is 1. The number of halogens is 1. The maximum atomic E-state index is 12.4. The fraction of sp³-hybridized carbons (Fsp3) is 0.250. The van der Waals surface area contributed by atoms with Crippen LogP contribution in [-0.2, 0) is 9.59 Å². The second kappa shape index (κ2) is 6.96. The molecule has 7 nitrogen and oxygen atoms in total. The van der Waals surface area contributed by atoms with Gasteiger partial charge in [0.15, 0.2) is 5.75 Å². The summed E-state index contributed by atoms with van der Waals surface area (Å²) in [7, 11) is 1.51. The molecule has 0 saturated carbocycles. The third-order valence-corrected chi connectivity index (χ3v) is 4.41. The van der Waals surface area contributed by atoms with Gasteiger partial charge in [-0.1, -0.05) is 12.1 Å². The van der Waals surface area contributed by atoms with E-state index in [-0.39, 0.29) is 24.2 Å². The van der Waals surface area contributed by atoms with Gasteiger partial charge in [0.25, 0.3) is 0 Å². The minimum absolute atomic E-state index is 0.0855. The third-order valence-electron chi connectivity index (χ3n) is 3.74. The lowest BCUT2D eigenvalue weighted by Crippen LogP contribution is -2.28. The number of para-hydroxylation sites is 1. The van der Waals surface area contributed by atoms with Crippen molar-refractivity contribution in [2.24, 2.45) is 5.92 Å². The maximum Gasteiger partial charge on any atom is 0.232 e. The number of carbonyl (C=O) groups is 2. The summed E-state index contributed by atoms with van der Waals surface area (Å²) in [6, 6.07) is 7.43. The van der Waals surface area contributed by atoms with Crippen LogP contribution in [0.4, 0.5) is 11.6 Å². The van der Waals surface area contributed by atoms with Gasteiger partial charge >= 0.3 is 0 Å². The molecule has 1 aromatic heterocycles. The molecular formula is C16H15BrN4O3. The second-order valence-corrected chi connectivity index (χ2v) is 6.15. The molecule has 1 atom stereocenters. The Kier molecular flexibility index (Phi) is 4.75. The number of aromatic nitrogens is 2. The van der Waals surface area contributed by atoms with Crippen LogP contribution in [0.1, 0.15) is 6.42 Å². The first-order valence-electron chi connectivity index (χ1n) is 7.30. The Morgan fingerprint density at radius 2 is 2.04 bits per heavy atom. The lowest BCUT2D eigenvalue weighted by molar-refractivity contribution is -0.122. The molecule has 1 fully saturated rings. The van der Waals surface area contributed by atoms with E-state index in [0.717, 1.165) is 10.2 Å². The van der Waals surface area contributed by atoms with Crippen molar-refractivity contribution in [1.82, 2.24) is 9.97 Å². The van der Waals surface area contributed by atoms with Gasteiger partial charge in [0, 0.05) is 17.4 Å². The highest BCUT2D eigenvalue weighted by atomic mass is 79.9. The Morgan fingerprint density at radius 1 is 1.33 bits per heavy atom. The molecule has 1 aromatic carbocycles. The van der Waals surface area contributed by atoms with Crippen molar-refractivity contribution in [2.45, 2.75) is 6.42 Å². The Bertz CT molecular complexity index is 766. The average molecular weight is 391 g/mol. The molecule has 3 rings (SSSR count). The number of methoxy groups -OCH3 is 1. The Hall–Kier alpha value is -2.48. The van der Waals surface area contributed by atoms with Crippen LogP contribution >= 0.6 is 15.9 Å². The number of hydrogen-bond donors (Lipinski definition) is 1. The molecule has 0 aliphatic carbocycles. The molecule has 0 unspecified atom stereocenters. The second-order valence-electron chi connectivity index (χ2n) is 5.29. The van der Waals surface area contributed by atoms with Gasteiger partial charge in [-0.3, -0.25) is 14.9 Å². The molecule has 0 bridgehead atoms. The topological polar surface area (TPSA) is 84.4 Å². The molecule has 1 saturated heterocycles. The number of benzene rings is 1. The van der Waals surface area contributed by atoms with Gasteiger partial charge in [0.2, 0.25) is 17.8 Å². The van der Waals surface area contributed by atoms with E-state index in [0.29, 0.717) is 12.3 Å². The molecule has 8 heteroatoms. The Labute approximate surface area is 147 Å². The lowest BCUT2D eigenvalue weighted by atomic mass is 10.1. The molecule has 2 heterocycles. The minimum atomic E-state index is -0.449. The number of carbonyl (C=O) groups excluding carboxylic acids is 2. The smallest absolute Gasteiger partial charge is 0.232 e. The highest BCUT2D eigenvalue weighted by Crippen LogP contribution is 2.31. The molecule has 2 aromatic rings. The number of nitrogens with zero attached hydrogens (tertiary/aromatic N) is 3. The summed E-state index contributed by atoms with van der Waals surface area (Å²) >= 11 is 3.43. The van der Waals surface area contributed by atoms with Crippen molar-refractivity contribution in [2.75, 3.05) is 23.9 Å². The molecule has 2 amide bonds. The first-order valence-corrected chi connectivity index (χ1v) is 8.09. The molecule has 24 heavy (non-hydrogen) atoms. The quantitative estimate of drug-likeness (QED) is 0.864. The maximum absolute atomic E-state index is 12.4. The van der Waals surface area contributed by atoms with Crippen LogP contribution in [0.2, 0.25) is 0 Å². The van der Waals surface area contributed by atoms with Crippen molar-refractivity contribution in [3.05, 3.63) is 41.1 Å².